The molecule has 5 nitrogen and oxygen atoms in total. The van der Waals surface area contributed by atoms with Crippen molar-refractivity contribution in [2.45, 2.75) is 39.7 Å². The van der Waals surface area contributed by atoms with Crippen LogP contribution in [0.3, 0.4) is 0 Å². The average molecular weight is 482 g/mol. The third-order valence-electron chi connectivity index (χ3n) is 6.27. The first kappa shape index (κ1) is 25.4. The van der Waals surface area contributed by atoms with Crippen molar-refractivity contribution in [1.82, 2.24) is 9.88 Å². The molecule has 0 fully saturated rings. The van der Waals surface area contributed by atoms with Crippen LogP contribution in [-0.2, 0) is 6.54 Å². The second kappa shape index (κ2) is 12.3. The molecular weight excluding hydrogens is 446 g/mol. The number of ketones is 1. The van der Waals surface area contributed by atoms with Gasteiger partial charge in [-0.25, -0.2) is 0 Å². The van der Waals surface area contributed by atoms with E-state index in [1.165, 1.54) is 5.56 Å². The molecular formula is C31H35N3O2. The number of hydrogen-bond acceptors (Lipinski definition) is 5. The third kappa shape index (κ3) is 6.49. The highest BCUT2D eigenvalue weighted by molar-refractivity contribution is 6.09. The number of aryl methyl sites for hydroxylation is 1. The van der Waals surface area contributed by atoms with Gasteiger partial charge in [-0.05, 0) is 62.2 Å². The molecule has 4 aromatic rings. The van der Waals surface area contributed by atoms with Crippen molar-refractivity contribution in [2.24, 2.45) is 0 Å². The predicted molar refractivity (Wildman–Crippen MR) is 148 cm³/mol. The second-order valence-corrected chi connectivity index (χ2v) is 9.26. The van der Waals surface area contributed by atoms with E-state index in [4.69, 9.17) is 4.74 Å². The Kier molecular flexibility index (Phi) is 8.69. The van der Waals surface area contributed by atoms with Crippen LogP contribution in [0.25, 0.3) is 10.9 Å². The van der Waals surface area contributed by atoms with E-state index in [9.17, 15) is 4.79 Å². The Bertz CT molecular complexity index is 1300. The molecule has 0 bridgehead atoms. The van der Waals surface area contributed by atoms with Crippen molar-refractivity contribution in [3.05, 3.63) is 95.7 Å². The summed E-state index contributed by atoms with van der Waals surface area (Å²) >= 11 is 0. The topological polar surface area (TPSA) is 54.5 Å². The van der Waals surface area contributed by atoms with E-state index in [1.54, 1.807) is 6.20 Å². The minimum atomic E-state index is 0.0933. The van der Waals surface area contributed by atoms with Gasteiger partial charge in [0.15, 0.2) is 5.78 Å². The smallest absolute Gasteiger partial charge is 0.166 e. The van der Waals surface area contributed by atoms with Gasteiger partial charge in [-0.1, -0.05) is 55.5 Å². The van der Waals surface area contributed by atoms with Gasteiger partial charge >= 0.3 is 0 Å². The number of para-hydroxylation sites is 1. The average Bonchev–Trinajstić information content (AvgIpc) is 2.89. The Labute approximate surface area is 214 Å². The maximum atomic E-state index is 13.0. The maximum absolute atomic E-state index is 13.0. The quantitative estimate of drug-likeness (QED) is 0.172. The minimum Gasteiger partial charge on any atom is -0.494 e. The van der Waals surface area contributed by atoms with Crippen LogP contribution in [0.5, 0.6) is 5.75 Å². The molecule has 0 aliphatic rings. The normalized spacial score (nSPS) is 11.1. The van der Waals surface area contributed by atoms with Gasteiger partial charge in [0, 0.05) is 36.8 Å². The van der Waals surface area contributed by atoms with E-state index in [-0.39, 0.29) is 5.78 Å². The van der Waals surface area contributed by atoms with Crippen LogP contribution in [-0.4, -0.2) is 35.9 Å². The summed E-state index contributed by atoms with van der Waals surface area (Å²) in [5.74, 6) is 0.874. The lowest BCUT2D eigenvalue weighted by Crippen LogP contribution is -2.20. The molecule has 0 unspecified atom stereocenters. The minimum absolute atomic E-state index is 0.0933. The number of nitrogens with zero attached hydrogens (tertiary/aromatic N) is 2. The van der Waals surface area contributed by atoms with Crippen LogP contribution in [0.1, 0.15) is 47.7 Å². The predicted octanol–water partition coefficient (Wildman–Crippen LogP) is 7.17. The number of carbonyl (C=O) groups excluding carboxylic acids is 1. The van der Waals surface area contributed by atoms with Crippen LogP contribution in [0, 0.1) is 6.92 Å². The zero-order chi connectivity index (χ0) is 25.3. The molecule has 0 radical (unpaired) electrons. The molecule has 3 aromatic carbocycles. The summed E-state index contributed by atoms with van der Waals surface area (Å²) in [4.78, 5) is 19.9. The Hall–Kier alpha value is -3.70. The van der Waals surface area contributed by atoms with Crippen LogP contribution < -0.4 is 10.1 Å². The van der Waals surface area contributed by atoms with Crippen LogP contribution >= 0.6 is 0 Å². The zero-order valence-corrected chi connectivity index (χ0v) is 21.5. The van der Waals surface area contributed by atoms with Gasteiger partial charge in [-0.2, -0.15) is 0 Å². The van der Waals surface area contributed by atoms with Gasteiger partial charge in [0.2, 0.25) is 0 Å². The lowest BCUT2D eigenvalue weighted by molar-refractivity contribution is 0.0982. The summed E-state index contributed by atoms with van der Waals surface area (Å²) in [7, 11) is 2.13. The molecule has 186 valence electrons. The first-order valence-corrected chi connectivity index (χ1v) is 12.7. The highest BCUT2D eigenvalue weighted by atomic mass is 16.5. The lowest BCUT2D eigenvalue weighted by Gasteiger charge is -2.18. The molecule has 36 heavy (non-hydrogen) atoms. The standard InChI is InChI=1S/C31H35N3O2/c1-4-11-30(35)27-21-32-29-17-16-25(20-26(29)31(27)33-28-15-9-8-12-23(28)2)36-19-10-18-34(3)22-24-13-6-5-7-14-24/h5-9,12-17,20-21H,4,10-11,18-19,22H2,1-3H3,(H,32,33). The highest BCUT2D eigenvalue weighted by Gasteiger charge is 2.16. The van der Waals surface area contributed by atoms with Crippen LogP contribution in [0.15, 0.2) is 79.0 Å². The molecule has 0 aliphatic carbocycles. The summed E-state index contributed by atoms with van der Waals surface area (Å²) in [6, 6.07) is 24.5. The molecule has 1 heterocycles. The zero-order valence-electron chi connectivity index (χ0n) is 21.5. The van der Waals surface area contributed by atoms with Crippen molar-refractivity contribution in [2.75, 3.05) is 25.5 Å². The van der Waals surface area contributed by atoms with Crippen molar-refractivity contribution in [3.63, 3.8) is 0 Å². The number of Topliss-reactive ketones (excluding diaryl/α,β-unsaturated/α-hetero) is 1. The van der Waals surface area contributed by atoms with Crippen LogP contribution in [0.4, 0.5) is 11.4 Å². The molecule has 0 aliphatic heterocycles. The number of pyridine rings is 1. The van der Waals surface area contributed by atoms with Crippen molar-refractivity contribution < 1.29 is 9.53 Å². The van der Waals surface area contributed by atoms with E-state index < -0.39 is 0 Å². The van der Waals surface area contributed by atoms with Crippen molar-refractivity contribution >= 4 is 28.1 Å². The Morgan fingerprint density at radius 3 is 2.58 bits per heavy atom. The number of ether oxygens (including phenoxy) is 1. The van der Waals surface area contributed by atoms with Gasteiger partial charge in [0.25, 0.3) is 0 Å². The molecule has 0 amide bonds. The number of benzene rings is 3. The van der Waals surface area contributed by atoms with Crippen LogP contribution in [0.2, 0.25) is 0 Å². The number of fused-ring (bicyclic) bond motifs is 1. The molecule has 0 atom stereocenters. The van der Waals surface area contributed by atoms with Gasteiger partial charge in [0.1, 0.15) is 5.75 Å². The first-order chi connectivity index (χ1) is 17.5. The molecule has 4 rings (SSSR count). The highest BCUT2D eigenvalue weighted by Crippen LogP contribution is 2.33. The second-order valence-electron chi connectivity index (χ2n) is 9.26. The maximum Gasteiger partial charge on any atom is 0.166 e. The molecule has 1 aromatic heterocycles. The molecule has 1 N–H and O–H groups in total. The number of aromatic nitrogens is 1. The molecule has 0 saturated heterocycles. The van der Waals surface area contributed by atoms with Crippen molar-refractivity contribution in [3.8, 4) is 5.75 Å². The third-order valence-corrected chi connectivity index (χ3v) is 6.27. The fourth-order valence-corrected chi connectivity index (χ4v) is 4.32. The Morgan fingerprint density at radius 2 is 1.81 bits per heavy atom. The number of rotatable bonds is 12. The van der Waals surface area contributed by atoms with Gasteiger partial charge in [-0.3, -0.25) is 9.78 Å². The number of anilines is 2. The first-order valence-electron chi connectivity index (χ1n) is 12.7. The van der Waals surface area contributed by atoms with Crippen molar-refractivity contribution in [1.29, 1.82) is 0 Å². The molecule has 0 saturated carbocycles. The van der Waals surface area contributed by atoms with Gasteiger partial charge in [0.05, 0.1) is 23.4 Å². The summed E-state index contributed by atoms with van der Waals surface area (Å²) in [6.45, 7) is 6.56. The summed E-state index contributed by atoms with van der Waals surface area (Å²) < 4.78 is 6.12. The van der Waals surface area contributed by atoms with Gasteiger partial charge in [-0.15, -0.1) is 0 Å². The fourth-order valence-electron chi connectivity index (χ4n) is 4.32. The fraction of sp³-hybridized carbons (Fsp3) is 0.290. The number of carbonyl (C=O) groups is 1. The largest absolute Gasteiger partial charge is 0.494 e. The van der Waals surface area contributed by atoms with Gasteiger partial charge < -0.3 is 15.0 Å². The van der Waals surface area contributed by atoms with E-state index >= 15 is 0 Å². The number of hydrogen-bond donors (Lipinski definition) is 1. The lowest BCUT2D eigenvalue weighted by atomic mass is 10.0. The SMILES string of the molecule is CCCC(=O)c1cnc2ccc(OCCCN(C)Cc3ccccc3)cc2c1Nc1ccccc1C. The Balaban J connectivity index is 1.51. The van der Waals surface area contributed by atoms with E-state index in [1.807, 2.05) is 49.4 Å². The molecule has 0 spiro atoms. The summed E-state index contributed by atoms with van der Waals surface area (Å²) in [5, 5.41) is 4.42. The monoisotopic (exact) mass is 481 g/mol. The van der Waals surface area contributed by atoms with E-state index in [0.29, 0.717) is 18.6 Å². The summed E-state index contributed by atoms with van der Waals surface area (Å²) in [6.07, 6.45) is 3.90. The van der Waals surface area contributed by atoms with E-state index in [2.05, 4.69) is 59.5 Å². The number of nitrogens with one attached hydrogen (secondary N) is 1. The van der Waals surface area contributed by atoms with E-state index in [0.717, 1.165) is 59.5 Å². The summed E-state index contributed by atoms with van der Waals surface area (Å²) in [5.41, 5.74) is 5.64. The Morgan fingerprint density at radius 1 is 1.03 bits per heavy atom. The molecule has 5 heteroatoms.